The summed E-state index contributed by atoms with van der Waals surface area (Å²) in [5.74, 6) is -0.946. The maximum Gasteiger partial charge on any atom is 0.260 e. The summed E-state index contributed by atoms with van der Waals surface area (Å²) in [5, 5.41) is 0. The van der Waals surface area contributed by atoms with Gasteiger partial charge in [-0.2, -0.15) is 0 Å². The number of nitrogens with zero attached hydrogens (tertiary/aromatic N) is 1. The number of carbonyl (C=O) groups excluding carboxylic acids is 2. The predicted molar refractivity (Wildman–Crippen MR) is 67.7 cm³/mol. The normalized spacial score (nSPS) is 15.1. The molecule has 0 saturated carbocycles. The molecule has 0 N–H and O–H groups in total. The Hall–Kier alpha value is -1.91. The highest BCUT2D eigenvalue weighted by Crippen LogP contribution is 2.21. The minimum absolute atomic E-state index is 0.117. The second kappa shape index (κ2) is 6.31. The van der Waals surface area contributed by atoms with Gasteiger partial charge in [-0.25, -0.2) is 4.39 Å². The van der Waals surface area contributed by atoms with Crippen LogP contribution in [0.4, 0.5) is 4.39 Å². The van der Waals surface area contributed by atoms with E-state index in [4.69, 9.17) is 4.74 Å². The zero-order valence-electron chi connectivity index (χ0n) is 10.6. The number of ether oxygens (including phenoxy) is 1. The number of halogens is 1. The standard InChI is InChI=1S/C14H16FNO3/c15-12-6-4-5-11(9-17)14(12)19-10-13(18)16-7-2-1-3-8-16/h4-6,9H,1-3,7-8,10H2. The molecule has 1 amide bonds. The molecule has 1 saturated heterocycles. The molecule has 4 nitrogen and oxygen atoms in total. The van der Waals surface area contributed by atoms with Crippen LogP contribution in [0.3, 0.4) is 0 Å². The molecule has 2 rings (SSSR count). The van der Waals surface area contributed by atoms with Gasteiger partial charge < -0.3 is 9.64 Å². The highest BCUT2D eigenvalue weighted by molar-refractivity contribution is 5.81. The van der Waals surface area contributed by atoms with Crippen LogP contribution in [-0.2, 0) is 4.79 Å². The van der Waals surface area contributed by atoms with Crippen molar-refractivity contribution in [2.24, 2.45) is 0 Å². The lowest BCUT2D eigenvalue weighted by Crippen LogP contribution is -2.38. The van der Waals surface area contributed by atoms with Crippen LogP contribution in [0.2, 0.25) is 0 Å². The smallest absolute Gasteiger partial charge is 0.260 e. The first-order valence-corrected chi connectivity index (χ1v) is 6.36. The van der Waals surface area contributed by atoms with Gasteiger partial charge in [-0.15, -0.1) is 0 Å². The zero-order chi connectivity index (χ0) is 13.7. The average Bonchev–Trinajstić information content (AvgIpc) is 2.46. The number of benzene rings is 1. The van der Waals surface area contributed by atoms with Gasteiger partial charge in [0.1, 0.15) is 0 Å². The van der Waals surface area contributed by atoms with Crippen LogP contribution in [0, 0.1) is 5.82 Å². The van der Waals surface area contributed by atoms with Crippen LogP contribution >= 0.6 is 0 Å². The third-order valence-electron chi connectivity index (χ3n) is 3.17. The van der Waals surface area contributed by atoms with Gasteiger partial charge in [0.25, 0.3) is 5.91 Å². The first kappa shape index (κ1) is 13.5. The minimum atomic E-state index is -0.629. The van der Waals surface area contributed by atoms with E-state index in [1.54, 1.807) is 4.90 Å². The van der Waals surface area contributed by atoms with Gasteiger partial charge in [-0.05, 0) is 31.4 Å². The first-order valence-electron chi connectivity index (χ1n) is 6.36. The Bertz CT molecular complexity index is 470. The number of rotatable bonds is 4. The molecule has 0 unspecified atom stereocenters. The van der Waals surface area contributed by atoms with E-state index in [2.05, 4.69) is 0 Å². The number of likely N-dealkylation sites (tertiary alicyclic amines) is 1. The Labute approximate surface area is 111 Å². The Morgan fingerprint density at radius 2 is 2.05 bits per heavy atom. The number of hydrogen-bond acceptors (Lipinski definition) is 3. The lowest BCUT2D eigenvalue weighted by Gasteiger charge is -2.26. The van der Waals surface area contributed by atoms with Crippen molar-refractivity contribution in [3.05, 3.63) is 29.6 Å². The molecule has 1 aromatic rings. The average molecular weight is 265 g/mol. The van der Waals surface area contributed by atoms with Crippen molar-refractivity contribution >= 4 is 12.2 Å². The second-order valence-electron chi connectivity index (χ2n) is 4.51. The molecule has 0 radical (unpaired) electrons. The molecule has 0 bridgehead atoms. The Morgan fingerprint density at radius 1 is 1.32 bits per heavy atom. The number of piperidine rings is 1. The Morgan fingerprint density at radius 3 is 2.74 bits per heavy atom. The van der Waals surface area contributed by atoms with E-state index in [0.717, 1.165) is 32.4 Å². The summed E-state index contributed by atoms with van der Waals surface area (Å²) < 4.78 is 18.7. The summed E-state index contributed by atoms with van der Waals surface area (Å²) in [5.41, 5.74) is 0.117. The molecule has 102 valence electrons. The van der Waals surface area contributed by atoms with Crippen molar-refractivity contribution in [3.8, 4) is 5.75 Å². The van der Waals surface area contributed by atoms with E-state index < -0.39 is 5.82 Å². The SMILES string of the molecule is O=Cc1cccc(F)c1OCC(=O)N1CCCCC1. The van der Waals surface area contributed by atoms with E-state index in [0.29, 0.717) is 6.29 Å². The lowest BCUT2D eigenvalue weighted by atomic mass is 10.1. The maximum atomic E-state index is 13.5. The Kier molecular flexibility index (Phi) is 4.49. The number of aldehydes is 1. The van der Waals surface area contributed by atoms with Crippen molar-refractivity contribution in [1.29, 1.82) is 0 Å². The van der Waals surface area contributed by atoms with Crippen LogP contribution in [0.1, 0.15) is 29.6 Å². The molecule has 1 aromatic carbocycles. The van der Waals surface area contributed by atoms with E-state index in [9.17, 15) is 14.0 Å². The molecule has 1 aliphatic heterocycles. The molecule has 0 aromatic heterocycles. The van der Waals surface area contributed by atoms with Crippen LogP contribution in [0.5, 0.6) is 5.75 Å². The third-order valence-corrected chi connectivity index (χ3v) is 3.17. The monoisotopic (exact) mass is 265 g/mol. The van der Waals surface area contributed by atoms with Crippen molar-refractivity contribution in [2.75, 3.05) is 19.7 Å². The molecular weight excluding hydrogens is 249 g/mol. The molecule has 1 heterocycles. The summed E-state index contributed by atoms with van der Waals surface area (Å²) >= 11 is 0. The van der Waals surface area contributed by atoms with Crippen LogP contribution in [-0.4, -0.2) is 36.8 Å². The third kappa shape index (κ3) is 3.30. The first-order chi connectivity index (χ1) is 9.22. The summed E-state index contributed by atoms with van der Waals surface area (Å²) in [6.07, 6.45) is 3.63. The lowest BCUT2D eigenvalue weighted by molar-refractivity contribution is -0.134. The van der Waals surface area contributed by atoms with Crippen molar-refractivity contribution in [1.82, 2.24) is 4.90 Å². The molecule has 0 spiro atoms. The molecule has 1 fully saturated rings. The molecule has 1 aliphatic rings. The fourth-order valence-electron chi connectivity index (χ4n) is 2.14. The van der Waals surface area contributed by atoms with Gasteiger partial charge in [-0.3, -0.25) is 9.59 Å². The highest BCUT2D eigenvalue weighted by atomic mass is 19.1. The minimum Gasteiger partial charge on any atom is -0.480 e. The van der Waals surface area contributed by atoms with E-state index in [-0.39, 0.29) is 23.8 Å². The van der Waals surface area contributed by atoms with Gasteiger partial charge >= 0.3 is 0 Å². The highest BCUT2D eigenvalue weighted by Gasteiger charge is 2.18. The van der Waals surface area contributed by atoms with Gasteiger partial charge in [0.2, 0.25) is 0 Å². The zero-order valence-corrected chi connectivity index (χ0v) is 10.6. The topological polar surface area (TPSA) is 46.6 Å². The summed E-state index contributed by atoms with van der Waals surface area (Å²) in [6, 6.07) is 4.09. The number of carbonyl (C=O) groups is 2. The molecule has 19 heavy (non-hydrogen) atoms. The summed E-state index contributed by atoms with van der Waals surface area (Å²) in [7, 11) is 0. The number of hydrogen-bond donors (Lipinski definition) is 0. The summed E-state index contributed by atoms with van der Waals surface area (Å²) in [6.45, 7) is 1.21. The molecule has 0 aliphatic carbocycles. The summed E-state index contributed by atoms with van der Waals surface area (Å²) in [4.78, 5) is 24.4. The van der Waals surface area contributed by atoms with Crippen LogP contribution < -0.4 is 4.74 Å². The van der Waals surface area contributed by atoms with Crippen molar-refractivity contribution in [3.63, 3.8) is 0 Å². The predicted octanol–water partition coefficient (Wildman–Crippen LogP) is 2.03. The van der Waals surface area contributed by atoms with Crippen molar-refractivity contribution in [2.45, 2.75) is 19.3 Å². The number of para-hydroxylation sites is 1. The fraction of sp³-hybridized carbons (Fsp3) is 0.429. The maximum absolute atomic E-state index is 13.5. The quantitative estimate of drug-likeness (QED) is 0.782. The van der Waals surface area contributed by atoms with E-state index in [1.165, 1.54) is 18.2 Å². The van der Waals surface area contributed by atoms with Gasteiger partial charge in [0.15, 0.2) is 24.5 Å². The van der Waals surface area contributed by atoms with Crippen molar-refractivity contribution < 1.29 is 18.7 Å². The van der Waals surface area contributed by atoms with Gasteiger partial charge in [0, 0.05) is 13.1 Å². The molecule has 0 atom stereocenters. The van der Waals surface area contributed by atoms with Crippen LogP contribution in [0.25, 0.3) is 0 Å². The number of amides is 1. The van der Waals surface area contributed by atoms with Gasteiger partial charge in [0.05, 0.1) is 5.56 Å². The molecule has 5 heteroatoms. The largest absolute Gasteiger partial charge is 0.480 e. The van der Waals surface area contributed by atoms with Gasteiger partial charge in [-0.1, -0.05) is 6.07 Å². The van der Waals surface area contributed by atoms with E-state index >= 15 is 0 Å². The molecular formula is C14H16FNO3. The second-order valence-corrected chi connectivity index (χ2v) is 4.51. The van der Waals surface area contributed by atoms with E-state index in [1.807, 2.05) is 0 Å². The fourth-order valence-corrected chi connectivity index (χ4v) is 2.14. The Balaban J connectivity index is 1.98. The van der Waals surface area contributed by atoms with Crippen LogP contribution in [0.15, 0.2) is 18.2 Å².